The number of carboxylic acid groups (broad SMARTS) is 4. The van der Waals surface area contributed by atoms with Gasteiger partial charge in [-0.15, -0.1) is 0 Å². The molecule has 4 fully saturated rings. The van der Waals surface area contributed by atoms with Crippen LogP contribution in [0.3, 0.4) is 0 Å². The first-order chi connectivity index (χ1) is 11.3. The lowest BCUT2D eigenvalue weighted by molar-refractivity contribution is -0.193. The van der Waals surface area contributed by atoms with Crippen molar-refractivity contribution in [3.05, 3.63) is 0 Å². The van der Waals surface area contributed by atoms with E-state index in [9.17, 15) is 39.6 Å². The summed E-state index contributed by atoms with van der Waals surface area (Å²) >= 11 is 0. The largest absolute Gasteiger partial charge is 0.481 e. The van der Waals surface area contributed by atoms with Gasteiger partial charge >= 0.3 is 23.9 Å². The predicted molar refractivity (Wildman–Crippen MR) is 76.9 cm³/mol. The fourth-order valence-corrected chi connectivity index (χ4v) is 5.84. The second-order valence-electron chi connectivity index (χ2n) is 7.26. The Labute approximate surface area is 137 Å². The lowest BCUT2D eigenvalue weighted by atomic mass is 9.44. The van der Waals surface area contributed by atoms with Crippen molar-refractivity contribution in [1.29, 1.82) is 0 Å². The van der Waals surface area contributed by atoms with Crippen LogP contribution in [0.25, 0.3) is 0 Å². The molecule has 0 aromatic rings. The Bertz CT molecular complexity index is 599. The molecule has 24 heavy (non-hydrogen) atoms. The maximum atomic E-state index is 11.8. The van der Waals surface area contributed by atoms with Gasteiger partial charge in [-0.3, -0.25) is 19.2 Å². The van der Waals surface area contributed by atoms with Crippen LogP contribution in [-0.2, 0) is 19.2 Å². The van der Waals surface area contributed by atoms with E-state index in [4.69, 9.17) is 0 Å². The molecule has 0 radical (unpaired) electrons. The zero-order valence-electron chi connectivity index (χ0n) is 12.9. The van der Waals surface area contributed by atoms with Gasteiger partial charge < -0.3 is 20.4 Å². The van der Waals surface area contributed by atoms with Crippen LogP contribution in [0.5, 0.6) is 0 Å². The van der Waals surface area contributed by atoms with Gasteiger partial charge in [-0.2, -0.15) is 0 Å². The van der Waals surface area contributed by atoms with Gasteiger partial charge in [0.1, 0.15) is 0 Å². The Balaban J connectivity index is 2.05. The molecule has 2 bridgehead atoms. The van der Waals surface area contributed by atoms with Gasteiger partial charge in [-0.1, -0.05) is 0 Å². The van der Waals surface area contributed by atoms with Crippen molar-refractivity contribution in [3.63, 3.8) is 0 Å². The van der Waals surface area contributed by atoms with E-state index < -0.39 is 65.3 Å². The first-order valence-electron chi connectivity index (χ1n) is 8.17. The molecule has 0 aromatic heterocycles. The SMILES string of the molecule is O=C(O)C1CCC2C3CCC(C(C(=O)O)C3C(=O)O)C2C1C(=O)O. The summed E-state index contributed by atoms with van der Waals surface area (Å²) in [5.74, 6) is -10.9. The fraction of sp³-hybridized carbons (Fsp3) is 0.750. The molecule has 8 unspecified atom stereocenters. The number of hydrogen-bond donors (Lipinski definition) is 4. The third-order valence-corrected chi connectivity index (χ3v) is 6.51. The molecule has 0 amide bonds. The van der Waals surface area contributed by atoms with Crippen LogP contribution in [0, 0.1) is 47.3 Å². The number of carboxylic acids is 4. The maximum Gasteiger partial charge on any atom is 0.307 e. The molecule has 0 spiro atoms. The van der Waals surface area contributed by atoms with Gasteiger partial charge in [-0.05, 0) is 49.4 Å². The van der Waals surface area contributed by atoms with Gasteiger partial charge in [0, 0.05) is 0 Å². The van der Waals surface area contributed by atoms with Crippen molar-refractivity contribution in [3.8, 4) is 0 Å². The summed E-state index contributed by atoms with van der Waals surface area (Å²) in [6.07, 6.45) is 1.66. The van der Waals surface area contributed by atoms with E-state index in [0.29, 0.717) is 19.3 Å². The summed E-state index contributed by atoms with van der Waals surface area (Å²) in [5, 5.41) is 38.0. The summed E-state index contributed by atoms with van der Waals surface area (Å²) in [5.41, 5.74) is 0. The van der Waals surface area contributed by atoms with Crippen molar-refractivity contribution in [1.82, 2.24) is 0 Å². The topological polar surface area (TPSA) is 149 Å². The summed E-state index contributed by atoms with van der Waals surface area (Å²) in [7, 11) is 0. The van der Waals surface area contributed by atoms with E-state index >= 15 is 0 Å². The number of hydrogen-bond acceptors (Lipinski definition) is 4. The molecule has 4 aliphatic rings. The lowest BCUT2D eigenvalue weighted by Crippen LogP contribution is -2.61. The number of aliphatic carboxylic acids is 4. The molecule has 4 N–H and O–H groups in total. The predicted octanol–water partition coefficient (Wildman–Crippen LogP) is 0.856. The van der Waals surface area contributed by atoms with Crippen molar-refractivity contribution in [2.45, 2.75) is 25.7 Å². The van der Waals surface area contributed by atoms with Gasteiger partial charge in [0.25, 0.3) is 0 Å². The van der Waals surface area contributed by atoms with Crippen molar-refractivity contribution >= 4 is 23.9 Å². The van der Waals surface area contributed by atoms with Crippen LogP contribution in [-0.4, -0.2) is 44.3 Å². The van der Waals surface area contributed by atoms with Gasteiger partial charge in [0.2, 0.25) is 0 Å². The van der Waals surface area contributed by atoms with E-state index in [1.165, 1.54) is 0 Å². The normalized spacial score (nSPS) is 43.7. The van der Waals surface area contributed by atoms with Gasteiger partial charge in [0.15, 0.2) is 0 Å². The number of rotatable bonds is 4. The van der Waals surface area contributed by atoms with Crippen LogP contribution in [0.2, 0.25) is 0 Å². The molecule has 8 nitrogen and oxygen atoms in total. The van der Waals surface area contributed by atoms with E-state index in [2.05, 4.69) is 0 Å². The molecule has 4 rings (SSSR count). The third kappa shape index (κ3) is 2.27. The van der Waals surface area contributed by atoms with Crippen LogP contribution in [0.15, 0.2) is 0 Å². The quantitative estimate of drug-likeness (QED) is 0.588. The molecule has 8 heteroatoms. The summed E-state index contributed by atoms with van der Waals surface area (Å²) < 4.78 is 0. The van der Waals surface area contributed by atoms with Crippen molar-refractivity contribution in [2.75, 3.05) is 0 Å². The van der Waals surface area contributed by atoms with Crippen molar-refractivity contribution in [2.24, 2.45) is 47.3 Å². The Morgan fingerprint density at radius 2 is 1.00 bits per heavy atom. The molecule has 0 heterocycles. The molecular weight excluding hydrogens is 320 g/mol. The highest BCUT2D eigenvalue weighted by molar-refractivity contribution is 5.83. The van der Waals surface area contributed by atoms with E-state index in [1.807, 2.05) is 0 Å². The second kappa shape index (κ2) is 5.75. The Kier molecular flexibility index (Phi) is 4.01. The van der Waals surface area contributed by atoms with E-state index in [1.54, 1.807) is 0 Å². The minimum absolute atomic E-state index is 0.195. The Morgan fingerprint density at radius 3 is 1.50 bits per heavy atom. The minimum atomic E-state index is -1.22. The van der Waals surface area contributed by atoms with Crippen LogP contribution >= 0.6 is 0 Å². The first-order valence-corrected chi connectivity index (χ1v) is 8.17. The third-order valence-electron chi connectivity index (χ3n) is 6.51. The van der Waals surface area contributed by atoms with Crippen LogP contribution in [0.1, 0.15) is 25.7 Å². The molecular formula is C16H20O8. The molecule has 0 saturated heterocycles. The zero-order chi connectivity index (χ0) is 17.8. The van der Waals surface area contributed by atoms with Gasteiger partial charge in [0.05, 0.1) is 23.7 Å². The highest BCUT2D eigenvalue weighted by atomic mass is 16.4. The highest BCUT2D eigenvalue weighted by Gasteiger charge is 2.63. The van der Waals surface area contributed by atoms with Crippen LogP contribution in [0.4, 0.5) is 0 Å². The first kappa shape index (κ1) is 16.7. The average Bonchev–Trinajstić information content (AvgIpc) is 2.52. The summed E-state index contributed by atoms with van der Waals surface area (Å²) in [6.45, 7) is 0. The molecule has 0 aromatic carbocycles. The van der Waals surface area contributed by atoms with E-state index in [0.717, 1.165) is 0 Å². The highest BCUT2D eigenvalue weighted by Crippen LogP contribution is 2.61. The van der Waals surface area contributed by atoms with Crippen molar-refractivity contribution < 1.29 is 39.6 Å². The summed E-state index contributed by atoms with van der Waals surface area (Å²) in [6, 6.07) is 0. The monoisotopic (exact) mass is 340 g/mol. The van der Waals surface area contributed by atoms with Crippen LogP contribution < -0.4 is 0 Å². The molecule has 4 aliphatic carbocycles. The number of fused-ring (bicyclic) bond motifs is 2. The zero-order valence-corrected chi connectivity index (χ0v) is 12.9. The average molecular weight is 340 g/mol. The molecule has 8 atom stereocenters. The fourth-order valence-electron chi connectivity index (χ4n) is 5.84. The number of carbonyl (C=O) groups is 4. The minimum Gasteiger partial charge on any atom is -0.481 e. The van der Waals surface area contributed by atoms with E-state index in [-0.39, 0.29) is 12.3 Å². The molecule has 132 valence electrons. The molecule has 0 aliphatic heterocycles. The maximum absolute atomic E-state index is 11.8. The Hall–Kier alpha value is -2.12. The lowest BCUT2D eigenvalue weighted by Gasteiger charge is -2.58. The summed E-state index contributed by atoms with van der Waals surface area (Å²) in [4.78, 5) is 46.6. The van der Waals surface area contributed by atoms with Gasteiger partial charge in [-0.25, -0.2) is 0 Å². The standard InChI is InChI=1S/C16H20O8/c17-13(18)8-4-2-5-6-1-3-7(9(5)12(8)16(23)24)11(15(21)22)10(6)14(19)20/h5-12H,1-4H2,(H,17,18)(H,19,20)(H,21,22)(H,23,24). The Morgan fingerprint density at radius 1 is 0.542 bits per heavy atom. The smallest absolute Gasteiger partial charge is 0.307 e. The molecule has 4 saturated carbocycles. The second-order valence-corrected chi connectivity index (χ2v) is 7.26.